The summed E-state index contributed by atoms with van der Waals surface area (Å²) in [6.07, 6.45) is 3.57. The minimum Gasteiger partial charge on any atom is -0.459 e. The first-order valence-electron chi connectivity index (χ1n) is 6.58. The van der Waals surface area contributed by atoms with E-state index < -0.39 is 0 Å². The lowest BCUT2D eigenvalue weighted by Crippen LogP contribution is -2.21. The van der Waals surface area contributed by atoms with Gasteiger partial charge in [-0.25, -0.2) is 0 Å². The van der Waals surface area contributed by atoms with E-state index in [-0.39, 0.29) is 11.5 Å². The van der Waals surface area contributed by atoms with Crippen molar-refractivity contribution in [1.29, 1.82) is 0 Å². The summed E-state index contributed by atoms with van der Waals surface area (Å²) in [6, 6.07) is 13.2. The third-order valence-electron chi connectivity index (χ3n) is 3.39. The molecule has 1 aromatic carbocycles. The molecule has 2 aromatic heterocycles. The van der Waals surface area contributed by atoms with E-state index in [0.717, 1.165) is 16.7 Å². The molecule has 4 heteroatoms. The second kappa shape index (κ2) is 5.35. The van der Waals surface area contributed by atoms with E-state index in [1.54, 1.807) is 24.5 Å². The lowest BCUT2D eigenvalue weighted by Gasteiger charge is -2.15. The molecule has 4 nitrogen and oxygen atoms in total. The van der Waals surface area contributed by atoms with Crippen molar-refractivity contribution < 1.29 is 4.42 Å². The molecule has 1 unspecified atom stereocenters. The number of para-hydroxylation sites is 1. The molecule has 20 heavy (non-hydrogen) atoms. The van der Waals surface area contributed by atoms with Crippen LogP contribution in [0.15, 0.2) is 64.1 Å². The van der Waals surface area contributed by atoms with Crippen LogP contribution in [0.1, 0.15) is 11.8 Å². The van der Waals surface area contributed by atoms with Crippen molar-refractivity contribution in [3.05, 3.63) is 70.8 Å². The lowest BCUT2D eigenvalue weighted by molar-refractivity contribution is 0.409. The number of hydrogen-bond donors (Lipinski definition) is 1. The maximum Gasteiger partial charge on any atom is 0.181 e. The predicted molar refractivity (Wildman–Crippen MR) is 78.7 cm³/mol. The third kappa shape index (κ3) is 2.51. The fourth-order valence-corrected chi connectivity index (χ4v) is 2.27. The second-order valence-electron chi connectivity index (χ2n) is 4.76. The smallest absolute Gasteiger partial charge is 0.181 e. The fourth-order valence-electron chi connectivity index (χ4n) is 2.27. The Balaban J connectivity index is 1.89. The van der Waals surface area contributed by atoms with Gasteiger partial charge in [-0.15, -0.1) is 0 Å². The fraction of sp³-hybridized carbons (Fsp3) is 0.188. The average Bonchev–Trinajstić information content (AvgIpc) is 2.90. The first-order chi connectivity index (χ1) is 9.76. The molecule has 1 N–H and O–H groups in total. The molecule has 0 aliphatic rings. The van der Waals surface area contributed by atoms with E-state index >= 15 is 0 Å². The van der Waals surface area contributed by atoms with E-state index in [1.807, 2.05) is 35.9 Å². The molecule has 0 spiro atoms. The van der Waals surface area contributed by atoms with Crippen LogP contribution in [0, 0.1) is 0 Å². The molecule has 1 atom stereocenters. The summed E-state index contributed by atoms with van der Waals surface area (Å²) >= 11 is 0. The quantitative estimate of drug-likeness (QED) is 0.791. The zero-order chi connectivity index (χ0) is 13.9. The highest BCUT2D eigenvalue weighted by molar-refractivity contribution is 5.77. The van der Waals surface area contributed by atoms with Crippen molar-refractivity contribution in [1.82, 2.24) is 9.88 Å². The Bertz CT molecular complexity index is 720. The molecule has 3 aromatic rings. The molecule has 0 saturated carbocycles. The van der Waals surface area contributed by atoms with Gasteiger partial charge < -0.3 is 14.3 Å². The number of likely N-dealkylation sites (N-methyl/N-ethyl adjacent to an activating group) is 1. The van der Waals surface area contributed by atoms with Crippen LogP contribution in [0.25, 0.3) is 11.0 Å². The van der Waals surface area contributed by atoms with Crippen LogP contribution < -0.4 is 10.7 Å². The van der Waals surface area contributed by atoms with Crippen LogP contribution in [0.2, 0.25) is 0 Å². The minimum absolute atomic E-state index is 0.0194. The van der Waals surface area contributed by atoms with Crippen molar-refractivity contribution >= 4 is 11.0 Å². The highest BCUT2D eigenvalue weighted by atomic mass is 16.3. The van der Waals surface area contributed by atoms with Crippen molar-refractivity contribution in [2.24, 2.45) is 0 Å². The second-order valence-corrected chi connectivity index (χ2v) is 4.76. The summed E-state index contributed by atoms with van der Waals surface area (Å²) in [7, 11) is 1.90. The number of hydrogen-bond acceptors (Lipinski definition) is 3. The van der Waals surface area contributed by atoms with E-state index in [1.165, 1.54) is 0 Å². The number of fused-ring (bicyclic) bond motifs is 1. The Kier molecular flexibility index (Phi) is 3.39. The van der Waals surface area contributed by atoms with Crippen molar-refractivity contribution in [3.63, 3.8) is 0 Å². The van der Waals surface area contributed by atoms with Gasteiger partial charge in [0.2, 0.25) is 0 Å². The van der Waals surface area contributed by atoms with E-state index in [2.05, 4.69) is 11.4 Å². The Labute approximate surface area is 116 Å². The molecule has 102 valence electrons. The van der Waals surface area contributed by atoms with Gasteiger partial charge in [-0.2, -0.15) is 0 Å². The van der Waals surface area contributed by atoms with Crippen LogP contribution in [0.4, 0.5) is 0 Å². The van der Waals surface area contributed by atoms with Crippen molar-refractivity contribution in [2.45, 2.75) is 12.6 Å². The highest BCUT2D eigenvalue weighted by Gasteiger charge is 2.14. The molecular formula is C16H16N2O2. The number of aromatic nitrogens is 1. The Hall–Kier alpha value is -2.33. The molecule has 0 radical (unpaired) electrons. The Morgan fingerprint density at radius 2 is 1.95 bits per heavy atom. The molecular weight excluding hydrogens is 252 g/mol. The highest BCUT2D eigenvalue weighted by Crippen LogP contribution is 2.24. The average molecular weight is 268 g/mol. The molecule has 0 saturated heterocycles. The number of benzene rings is 1. The van der Waals surface area contributed by atoms with Gasteiger partial charge in [0.25, 0.3) is 0 Å². The molecule has 0 amide bonds. The van der Waals surface area contributed by atoms with Crippen molar-refractivity contribution in [3.8, 4) is 0 Å². The van der Waals surface area contributed by atoms with Crippen LogP contribution in [0.3, 0.4) is 0 Å². The largest absolute Gasteiger partial charge is 0.459 e. The molecule has 0 fully saturated rings. The zero-order valence-corrected chi connectivity index (χ0v) is 11.2. The molecule has 3 rings (SSSR count). The number of pyridine rings is 1. The first kappa shape index (κ1) is 12.7. The van der Waals surface area contributed by atoms with Gasteiger partial charge in [0.15, 0.2) is 5.43 Å². The lowest BCUT2D eigenvalue weighted by atomic mass is 10.2. The summed E-state index contributed by atoms with van der Waals surface area (Å²) in [5.41, 5.74) is 0.911. The predicted octanol–water partition coefficient (Wildman–Crippen LogP) is 2.56. The van der Waals surface area contributed by atoms with Gasteiger partial charge >= 0.3 is 0 Å². The number of nitrogens with one attached hydrogen (secondary N) is 1. The maximum absolute atomic E-state index is 11.1. The number of rotatable bonds is 4. The minimum atomic E-state index is 0.0194. The molecule has 0 bridgehead atoms. The SMILES string of the molecule is CNC(Cn1ccc(=O)cc1)c1cc2ccccc2o1. The van der Waals surface area contributed by atoms with Gasteiger partial charge in [0.05, 0.1) is 6.04 Å². The van der Waals surface area contributed by atoms with Gasteiger partial charge in [-0.05, 0) is 19.2 Å². The van der Waals surface area contributed by atoms with Crippen LogP contribution >= 0.6 is 0 Å². The molecule has 2 heterocycles. The number of nitrogens with zero attached hydrogens (tertiary/aromatic N) is 1. The monoisotopic (exact) mass is 268 g/mol. The number of furan rings is 1. The third-order valence-corrected chi connectivity index (χ3v) is 3.39. The van der Waals surface area contributed by atoms with Crippen LogP contribution in [-0.2, 0) is 6.54 Å². The summed E-state index contributed by atoms with van der Waals surface area (Å²) in [5, 5.41) is 4.35. The first-order valence-corrected chi connectivity index (χ1v) is 6.58. The van der Waals surface area contributed by atoms with Crippen LogP contribution in [0.5, 0.6) is 0 Å². The van der Waals surface area contributed by atoms with Gasteiger partial charge in [-0.3, -0.25) is 4.79 Å². The topological polar surface area (TPSA) is 47.2 Å². The molecule has 0 aliphatic carbocycles. The maximum atomic E-state index is 11.1. The Morgan fingerprint density at radius 1 is 1.20 bits per heavy atom. The van der Waals surface area contributed by atoms with E-state index in [4.69, 9.17) is 4.42 Å². The van der Waals surface area contributed by atoms with Gasteiger partial charge in [-0.1, -0.05) is 18.2 Å². The van der Waals surface area contributed by atoms with Gasteiger partial charge in [0, 0.05) is 36.5 Å². The van der Waals surface area contributed by atoms with E-state index in [0.29, 0.717) is 6.54 Å². The van der Waals surface area contributed by atoms with Crippen LogP contribution in [-0.4, -0.2) is 11.6 Å². The van der Waals surface area contributed by atoms with Crippen molar-refractivity contribution in [2.75, 3.05) is 7.05 Å². The zero-order valence-electron chi connectivity index (χ0n) is 11.2. The summed E-state index contributed by atoms with van der Waals surface area (Å²) in [4.78, 5) is 11.1. The molecule has 0 aliphatic heterocycles. The summed E-state index contributed by atoms with van der Waals surface area (Å²) < 4.78 is 7.85. The summed E-state index contributed by atoms with van der Waals surface area (Å²) in [6.45, 7) is 0.705. The normalized spacial score (nSPS) is 12.7. The Morgan fingerprint density at radius 3 is 2.65 bits per heavy atom. The summed E-state index contributed by atoms with van der Waals surface area (Å²) in [5.74, 6) is 0.896. The van der Waals surface area contributed by atoms with E-state index in [9.17, 15) is 4.79 Å². The standard InChI is InChI=1S/C16H16N2O2/c1-17-14(11-18-8-6-13(19)7-9-18)16-10-12-4-2-3-5-15(12)20-16/h2-10,14,17H,11H2,1H3. The van der Waals surface area contributed by atoms with Gasteiger partial charge in [0.1, 0.15) is 11.3 Å².